The monoisotopic (exact) mass is 325 g/mol. The lowest BCUT2D eigenvalue weighted by Crippen LogP contribution is -2.02. The molecule has 1 aromatic carbocycles. The summed E-state index contributed by atoms with van der Waals surface area (Å²) in [7, 11) is 0. The largest absolute Gasteiger partial charge is 0.484 e. The average molecular weight is 326 g/mol. The van der Waals surface area contributed by atoms with E-state index in [1.807, 2.05) is 0 Å². The molecular weight excluding hydrogens is 317 g/mol. The summed E-state index contributed by atoms with van der Waals surface area (Å²) < 4.78 is 19.4. The van der Waals surface area contributed by atoms with Gasteiger partial charge >= 0.3 is 5.97 Å². The maximum Gasteiger partial charge on any atom is 0.337 e. The molecule has 1 aromatic heterocycles. The number of rotatable bonds is 4. The highest BCUT2D eigenvalue weighted by Gasteiger charge is 2.06. The van der Waals surface area contributed by atoms with E-state index >= 15 is 0 Å². The van der Waals surface area contributed by atoms with Gasteiger partial charge in [-0.3, -0.25) is 4.98 Å². The summed E-state index contributed by atoms with van der Waals surface area (Å²) in [4.78, 5) is 14.6. The van der Waals surface area contributed by atoms with Crippen LogP contribution in [0.3, 0.4) is 0 Å². The standard InChI is InChI=1S/C13H9BrFNO3/c14-9-2-4-11(15)12(5-9)19-7-10-3-1-8(6-16-10)13(17)18/h1-6H,7H2,(H,17,18). The van der Waals surface area contributed by atoms with Gasteiger partial charge in [0, 0.05) is 10.7 Å². The third-order valence-corrected chi connectivity index (χ3v) is 2.83. The van der Waals surface area contributed by atoms with Crippen molar-refractivity contribution in [3.05, 3.63) is 58.1 Å². The fourth-order valence-corrected chi connectivity index (χ4v) is 1.72. The molecule has 0 amide bonds. The van der Waals surface area contributed by atoms with Crippen LogP contribution in [0.25, 0.3) is 0 Å². The molecule has 19 heavy (non-hydrogen) atoms. The number of carboxylic acids is 1. The number of hydrogen-bond acceptors (Lipinski definition) is 3. The van der Waals surface area contributed by atoms with Crippen molar-refractivity contribution in [2.75, 3.05) is 0 Å². The Kier molecular flexibility index (Phi) is 4.11. The van der Waals surface area contributed by atoms with Crippen molar-refractivity contribution in [3.8, 4) is 5.75 Å². The Bertz CT molecular complexity index is 601. The third-order valence-electron chi connectivity index (χ3n) is 2.34. The molecule has 0 bridgehead atoms. The summed E-state index contributed by atoms with van der Waals surface area (Å²) >= 11 is 3.22. The fourth-order valence-electron chi connectivity index (χ4n) is 1.38. The Hall–Kier alpha value is -1.95. The summed E-state index contributed by atoms with van der Waals surface area (Å²) in [5.41, 5.74) is 0.613. The van der Waals surface area contributed by atoms with Crippen molar-refractivity contribution in [1.82, 2.24) is 4.98 Å². The minimum absolute atomic E-state index is 0.0628. The van der Waals surface area contributed by atoms with Gasteiger partial charge in [-0.05, 0) is 30.3 Å². The molecule has 6 heteroatoms. The first-order valence-corrected chi connectivity index (χ1v) is 6.11. The second-order valence-electron chi connectivity index (χ2n) is 3.71. The Balaban J connectivity index is 2.06. The van der Waals surface area contributed by atoms with Gasteiger partial charge in [0.05, 0.1) is 11.3 Å². The number of carboxylic acid groups (broad SMARTS) is 1. The Morgan fingerprint density at radius 3 is 2.79 bits per heavy atom. The van der Waals surface area contributed by atoms with Crippen LogP contribution in [0.5, 0.6) is 5.75 Å². The molecule has 4 nitrogen and oxygen atoms in total. The molecular formula is C13H9BrFNO3. The predicted molar refractivity (Wildman–Crippen MR) is 69.6 cm³/mol. The van der Waals surface area contributed by atoms with E-state index in [4.69, 9.17) is 9.84 Å². The van der Waals surface area contributed by atoms with Crippen LogP contribution in [0.15, 0.2) is 41.0 Å². The third kappa shape index (κ3) is 3.51. The summed E-state index contributed by atoms with van der Waals surface area (Å²) in [5, 5.41) is 8.72. The highest BCUT2D eigenvalue weighted by Crippen LogP contribution is 2.22. The van der Waals surface area contributed by atoms with Crippen LogP contribution in [-0.4, -0.2) is 16.1 Å². The number of hydrogen-bond donors (Lipinski definition) is 1. The zero-order valence-corrected chi connectivity index (χ0v) is 11.2. The van der Waals surface area contributed by atoms with Gasteiger partial charge in [-0.1, -0.05) is 15.9 Å². The van der Waals surface area contributed by atoms with Crippen molar-refractivity contribution in [3.63, 3.8) is 0 Å². The van der Waals surface area contributed by atoms with E-state index in [9.17, 15) is 9.18 Å². The molecule has 2 rings (SSSR count). The molecule has 0 aliphatic carbocycles. The molecule has 0 radical (unpaired) electrons. The van der Waals surface area contributed by atoms with Gasteiger partial charge in [0.25, 0.3) is 0 Å². The zero-order chi connectivity index (χ0) is 13.8. The number of halogens is 2. The molecule has 2 aromatic rings. The Morgan fingerprint density at radius 1 is 1.37 bits per heavy atom. The highest BCUT2D eigenvalue weighted by atomic mass is 79.9. The van der Waals surface area contributed by atoms with Crippen LogP contribution in [0.4, 0.5) is 4.39 Å². The normalized spacial score (nSPS) is 10.2. The van der Waals surface area contributed by atoms with Crippen molar-refractivity contribution >= 4 is 21.9 Å². The minimum Gasteiger partial charge on any atom is -0.484 e. The van der Waals surface area contributed by atoms with Gasteiger partial charge in [-0.15, -0.1) is 0 Å². The lowest BCUT2D eigenvalue weighted by atomic mass is 10.2. The van der Waals surface area contributed by atoms with Gasteiger partial charge in [-0.2, -0.15) is 0 Å². The summed E-state index contributed by atoms with van der Waals surface area (Å²) in [6.07, 6.45) is 1.23. The molecule has 0 aliphatic heterocycles. The lowest BCUT2D eigenvalue weighted by Gasteiger charge is -2.07. The van der Waals surface area contributed by atoms with Crippen LogP contribution in [-0.2, 0) is 6.61 Å². The van der Waals surface area contributed by atoms with E-state index in [0.29, 0.717) is 10.2 Å². The van der Waals surface area contributed by atoms with Crippen molar-refractivity contribution in [2.24, 2.45) is 0 Å². The van der Waals surface area contributed by atoms with E-state index in [1.165, 1.54) is 30.5 Å². The van der Waals surface area contributed by atoms with Crippen LogP contribution in [0.1, 0.15) is 16.1 Å². The molecule has 98 valence electrons. The van der Waals surface area contributed by atoms with Crippen molar-refractivity contribution in [1.29, 1.82) is 0 Å². The number of benzene rings is 1. The van der Waals surface area contributed by atoms with Crippen LogP contribution in [0, 0.1) is 5.82 Å². The van der Waals surface area contributed by atoms with Gasteiger partial charge in [0.2, 0.25) is 0 Å². The number of nitrogens with zero attached hydrogens (tertiary/aromatic N) is 1. The molecule has 0 aliphatic rings. The van der Waals surface area contributed by atoms with E-state index in [-0.39, 0.29) is 17.9 Å². The number of aromatic nitrogens is 1. The topological polar surface area (TPSA) is 59.4 Å². The van der Waals surface area contributed by atoms with Gasteiger partial charge < -0.3 is 9.84 Å². The maximum absolute atomic E-state index is 13.4. The second kappa shape index (κ2) is 5.79. The van der Waals surface area contributed by atoms with Crippen molar-refractivity contribution in [2.45, 2.75) is 6.61 Å². The van der Waals surface area contributed by atoms with Crippen LogP contribution < -0.4 is 4.74 Å². The summed E-state index contributed by atoms with van der Waals surface area (Å²) in [5.74, 6) is -1.40. The Labute approximate surface area is 117 Å². The zero-order valence-electron chi connectivity index (χ0n) is 9.64. The number of pyridine rings is 1. The van der Waals surface area contributed by atoms with E-state index in [2.05, 4.69) is 20.9 Å². The first-order valence-electron chi connectivity index (χ1n) is 5.32. The van der Waals surface area contributed by atoms with Gasteiger partial charge in [0.1, 0.15) is 6.61 Å². The van der Waals surface area contributed by atoms with Gasteiger partial charge in [-0.25, -0.2) is 9.18 Å². The second-order valence-corrected chi connectivity index (χ2v) is 4.62. The SMILES string of the molecule is O=C(O)c1ccc(COc2cc(Br)ccc2F)nc1. The van der Waals surface area contributed by atoms with E-state index in [0.717, 1.165) is 0 Å². The molecule has 0 saturated heterocycles. The predicted octanol–water partition coefficient (Wildman–Crippen LogP) is 3.26. The molecule has 0 saturated carbocycles. The molecule has 0 atom stereocenters. The smallest absolute Gasteiger partial charge is 0.337 e. The van der Waals surface area contributed by atoms with Gasteiger partial charge in [0.15, 0.2) is 11.6 Å². The van der Waals surface area contributed by atoms with E-state index in [1.54, 1.807) is 6.07 Å². The number of carbonyl (C=O) groups is 1. The first kappa shape index (κ1) is 13.5. The fraction of sp³-hybridized carbons (Fsp3) is 0.0769. The van der Waals surface area contributed by atoms with E-state index < -0.39 is 11.8 Å². The average Bonchev–Trinajstić information content (AvgIpc) is 2.40. The van der Waals surface area contributed by atoms with Crippen LogP contribution >= 0.6 is 15.9 Å². The molecule has 0 fully saturated rings. The highest BCUT2D eigenvalue weighted by molar-refractivity contribution is 9.10. The maximum atomic E-state index is 13.4. The molecule has 1 heterocycles. The Morgan fingerprint density at radius 2 is 2.16 bits per heavy atom. The molecule has 0 spiro atoms. The number of ether oxygens (including phenoxy) is 1. The van der Waals surface area contributed by atoms with Crippen LogP contribution in [0.2, 0.25) is 0 Å². The molecule has 1 N–H and O–H groups in total. The van der Waals surface area contributed by atoms with Crippen molar-refractivity contribution < 1.29 is 19.0 Å². The lowest BCUT2D eigenvalue weighted by molar-refractivity contribution is 0.0696. The number of aromatic carboxylic acids is 1. The molecule has 0 unspecified atom stereocenters. The summed E-state index contributed by atoms with van der Waals surface area (Å²) in [6, 6.07) is 7.33. The minimum atomic E-state index is -1.04. The quantitative estimate of drug-likeness (QED) is 0.937. The summed E-state index contributed by atoms with van der Waals surface area (Å²) in [6.45, 7) is 0.0628. The first-order chi connectivity index (χ1) is 9.06.